The number of carbonyl (C=O) groups is 2. The zero-order valence-electron chi connectivity index (χ0n) is 36.9. The summed E-state index contributed by atoms with van der Waals surface area (Å²) in [7, 11) is 1.49. The van der Waals surface area contributed by atoms with Crippen LogP contribution in [-0.2, 0) is 32.7 Å². The molecule has 2 atom stereocenters. The van der Waals surface area contributed by atoms with E-state index in [9.17, 15) is 19.0 Å². The maximum absolute atomic E-state index is 12.6. The van der Waals surface area contributed by atoms with Gasteiger partial charge >= 0.3 is 19.8 Å². The van der Waals surface area contributed by atoms with Gasteiger partial charge in [-0.1, -0.05) is 200 Å². The summed E-state index contributed by atoms with van der Waals surface area (Å²) in [5.74, 6) is -0.785. The molecule has 0 bridgehead atoms. The number of unbranched alkanes of at least 4 members (excludes halogenated alkanes) is 29. The molecule has 0 saturated carbocycles. The minimum atomic E-state index is -4.36. The third-order valence-corrected chi connectivity index (χ3v) is 11.4. The van der Waals surface area contributed by atoms with E-state index in [4.69, 9.17) is 18.5 Å². The van der Waals surface area contributed by atoms with E-state index in [2.05, 4.69) is 13.8 Å². The number of likely N-dealkylation sites (N-methyl/N-ethyl adjacent to an activating group) is 1. The molecule has 1 N–H and O–H groups in total. The van der Waals surface area contributed by atoms with E-state index in [0.29, 0.717) is 23.9 Å². The fourth-order valence-electron chi connectivity index (χ4n) is 6.72. The first-order valence-electron chi connectivity index (χ1n) is 23.3. The van der Waals surface area contributed by atoms with Crippen molar-refractivity contribution in [2.45, 2.75) is 232 Å². The number of rotatable bonds is 43. The first-order chi connectivity index (χ1) is 26.5. The van der Waals surface area contributed by atoms with Crippen LogP contribution in [-0.4, -0.2) is 74.9 Å². The highest BCUT2D eigenvalue weighted by molar-refractivity contribution is 7.47. The van der Waals surface area contributed by atoms with Gasteiger partial charge in [0.2, 0.25) is 0 Å². The predicted molar refractivity (Wildman–Crippen MR) is 229 cm³/mol. The summed E-state index contributed by atoms with van der Waals surface area (Å²) in [4.78, 5) is 35.3. The minimum absolute atomic E-state index is 0.0367. The van der Waals surface area contributed by atoms with Crippen molar-refractivity contribution in [1.29, 1.82) is 0 Å². The van der Waals surface area contributed by atoms with E-state index in [0.717, 1.165) is 32.1 Å². The SMILES string of the molecule is CCCCCCCCCCCCCCCCCCCCCCCC(=O)OC[C@@H](COP(=O)(O)OCC[N+](C)(C)C)OC(=O)CCCCCCCCCCCC. The number of quaternary nitrogens is 1. The molecule has 0 aliphatic rings. The van der Waals surface area contributed by atoms with Crippen molar-refractivity contribution >= 4 is 19.8 Å². The van der Waals surface area contributed by atoms with Gasteiger partial charge in [-0.05, 0) is 12.8 Å². The molecule has 0 aromatic rings. The maximum atomic E-state index is 12.6. The molecule has 0 aliphatic heterocycles. The Labute approximate surface area is 340 Å². The molecule has 0 rings (SSSR count). The second-order valence-electron chi connectivity index (χ2n) is 17.2. The van der Waals surface area contributed by atoms with E-state index >= 15 is 0 Å². The van der Waals surface area contributed by atoms with Crippen LogP contribution in [0, 0.1) is 0 Å². The summed E-state index contributed by atoms with van der Waals surface area (Å²) < 4.78 is 34.3. The fourth-order valence-corrected chi connectivity index (χ4v) is 7.46. The Morgan fingerprint density at radius 2 is 0.818 bits per heavy atom. The highest BCUT2D eigenvalue weighted by Crippen LogP contribution is 2.43. The maximum Gasteiger partial charge on any atom is 0.472 e. The van der Waals surface area contributed by atoms with Gasteiger partial charge in [0, 0.05) is 12.8 Å². The first kappa shape index (κ1) is 54.0. The van der Waals surface area contributed by atoms with E-state index in [1.54, 1.807) is 0 Å². The summed E-state index contributed by atoms with van der Waals surface area (Å²) in [5.41, 5.74) is 0. The van der Waals surface area contributed by atoms with E-state index in [1.165, 1.54) is 161 Å². The van der Waals surface area contributed by atoms with Crippen LogP contribution in [0.2, 0.25) is 0 Å². The Bertz CT molecular complexity index is 912. The van der Waals surface area contributed by atoms with Crippen LogP contribution in [0.4, 0.5) is 0 Å². The zero-order valence-corrected chi connectivity index (χ0v) is 37.8. The average molecular weight is 805 g/mol. The molecule has 0 radical (unpaired) electrons. The van der Waals surface area contributed by atoms with Gasteiger partial charge in [-0.15, -0.1) is 0 Å². The van der Waals surface area contributed by atoms with Crippen LogP contribution in [0.5, 0.6) is 0 Å². The number of ether oxygens (including phenoxy) is 2. The summed E-state index contributed by atoms with van der Waals surface area (Å²) in [6, 6.07) is 0. The Kier molecular flexibility index (Phi) is 37.8. The highest BCUT2D eigenvalue weighted by Gasteiger charge is 2.27. The van der Waals surface area contributed by atoms with Crippen LogP contribution in [0.3, 0.4) is 0 Å². The highest BCUT2D eigenvalue weighted by atomic mass is 31.2. The number of hydrogen-bond acceptors (Lipinski definition) is 7. The normalized spacial score (nSPS) is 13.5. The number of phosphoric ester groups is 1. The van der Waals surface area contributed by atoms with Gasteiger partial charge in [0.15, 0.2) is 6.10 Å². The number of hydrogen-bond donors (Lipinski definition) is 1. The van der Waals surface area contributed by atoms with Crippen molar-refractivity contribution in [3.63, 3.8) is 0 Å². The minimum Gasteiger partial charge on any atom is -0.462 e. The van der Waals surface area contributed by atoms with Gasteiger partial charge in [-0.2, -0.15) is 0 Å². The lowest BCUT2D eigenvalue weighted by molar-refractivity contribution is -0.870. The number of nitrogens with zero attached hydrogens (tertiary/aromatic N) is 1. The molecule has 0 aromatic heterocycles. The molecule has 0 spiro atoms. The van der Waals surface area contributed by atoms with Crippen molar-refractivity contribution in [3.05, 3.63) is 0 Å². The summed E-state index contributed by atoms with van der Waals surface area (Å²) in [6.45, 7) is 4.45. The van der Waals surface area contributed by atoms with Crippen molar-refractivity contribution in [2.75, 3.05) is 47.5 Å². The predicted octanol–water partition coefficient (Wildman–Crippen LogP) is 13.2. The Balaban J connectivity index is 4.15. The molecule has 1 unspecified atom stereocenters. The Hall–Kier alpha value is -0.990. The topological polar surface area (TPSA) is 108 Å². The van der Waals surface area contributed by atoms with Gasteiger partial charge in [-0.3, -0.25) is 18.6 Å². The molecular weight excluding hydrogens is 713 g/mol. The van der Waals surface area contributed by atoms with Crippen molar-refractivity contribution in [2.24, 2.45) is 0 Å². The van der Waals surface area contributed by atoms with Gasteiger partial charge < -0.3 is 18.9 Å². The second-order valence-corrected chi connectivity index (χ2v) is 18.6. The summed E-state index contributed by atoms with van der Waals surface area (Å²) in [5, 5.41) is 0. The molecule has 328 valence electrons. The largest absolute Gasteiger partial charge is 0.472 e. The van der Waals surface area contributed by atoms with Crippen LogP contribution in [0.15, 0.2) is 0 Å². The van der Waals surface area contributed by atoms with Crippen LogP contribution < -0.4 is 0 Å². The van der Waals surface area contributed by atoms with E-state index < -0.39 is 26.5 Å². The molecule has 0 fully saturated rings. The zero-order chi connectivity index (χ0) is 40.7. The third-order valence-electron chi connectivity index (χ3n) is 10.4. The lowest BCUT2D eigenvalue weighted by atomic mass is 10.0. The van der Waals surface area contributed by atoms with Gasteiger partial charge in [-0.25, -0.2) is 4.57 Å². The summed E-state index contributed by atoms with van der Waals surface area (Å²) >= 11 is 0. The fraction of sp³-hybridized carbons (Fsp3) is 0.956. The van der Waals surface area contributed by atoms with Gasteiger partial charge in [0.1, 0.15) is 19.8 Å². The first-order valence-corrected chi connectivity index (χ1v) is 24.8. The quantitative estimate of drug-likeness (QED) is 0.0281. The van der Waals surface area contributed by atoms with Crippen molar-refractivity contribution in [1.82, 2.24) is 0 Å². The number of phosphoric acid groups is 1. The molecule has 0 saturated heterocycles. The van der Waals surface area contributed by atoms with Crippen molar-refractivity contribution < 1.29 is 42.1 Å². The van der Waals surface area contributed by atoms with Crippen LogP contribution >= 0.6 is 7.82 Å². The van der Waals surface area contributed by atoms with E-state index in [-0.39, 0.29) is 25.6 Å². The van der Waals surface area contributed by atoms with Crippen LogP contribution in [0.1, 0.15) is 226 Å². The molecule has 0 aliphatic carbocycles. The molecule has 55 heavy (non-hydrogen) atoms. The smallest absolute Gasteiger partial charge is 0.462 e. The second kappa shape index (κ2) is 38.5. The van der Waals surface area contributed by atoms with Crippen molar-refractivity contribution in [3.8, 4) is 0 Å². The van der Waals surface area contributed by atoms with Gasteiger partial charge in [0.25, 0.3) is 0 Å². The molecule has 10 heteroatoms. The molecule has 0 aromatic carbocycles. The molecule has 9 nitrogen and oxygen atoms in total. The lowest BCUT2D eigenvalue weighted by Crippen LogP contribution is -2.37. The number of carbonyl (C=O) groups excluding carboxylic acids is 2. The molecular formula is C45H91NO8P+. The van der Waals surface area contributed by atoms with Crippen LogP contribution in [0.25, 0.3) is 0 Å². The Morgan fingerprint density at radius 1 is 0.491 bits per heavy atom. The average Bonchev–Trinajstić information content (AvgIpc) is 3.13. The van der Waals surface area contributed by atoms with E-state index in [1.807, 2.05) is 21.1 Å². The summed E-state index contributed by atoms with van der Waals surface area (Å²) in [6.07, 6.45) is 38.7. The third kappa shape index (κ3) is 42.4. The Morgan fingerprint density at radius 3 is 1.16 bits per heavy atom. The molecule has 0 heterocycles. The lowest BCUT2D eigenvalue weighted by Gasteiger charge is -2.24. The van der Waals surface area contributed by atoms with Gasteiger partial charge in [0.05, 0.1) is 27.7 Å². The standard InChI is InChI=1S/C45H90NO8P/c1-6-8-10-12-14-16-18-19-20-21-22-23-24-25-26-27-28-30-31-33-35-37-44(47)51-41-43(42-53-55(49,50)52-40-39-46(3,4)5)54-45(48)38-36-34-32-29-17-15-13-11-9-7-2/h43H,6-42H2,1-5H3/p+1/t43-/m0/s1. The number of esters is 2. The molecule has 0 amide bonds. The monoisotopic (exact) mass is 805 g/mol.